The van der Waals surface area contributed by atoms with E-state index in [1.54, 1.807) is 0 Å². The van der Waals surface area contributed by atoms with Crippen LogP contribution in [0.4, 0.5) is 5.69 Å². The standard InChI is InChI=1S/C13H18N4O2S/c1-17-6-2-3-12(17)9-16-20(18,19)13-5-4-11(15)7-10(13)8-14/h4-5,7,12,16H,2-3,6,9,15H2,1H3. The van der Waals surface area contributed by atoms with Gasteiger partial charge in [-0.15, -0.1) is 0 Å². The van der Waals surface area contributed by atoms with E-state index in [0.29, 0.717) is 12.2 Å². The first kappa shape index (κ1) is 14.8. The molecule has 1 aliphatic heterocycles. The van der Waals surface area contributed by atoms with Gasteiger partial charge >= 0.3 is 0 Å². The first-order valence-electron chi connectivity index (χ1n) is 6.43. The molecule has 3 N–H and O–H groups in total. The molecular formula is C13H18N4O2S. The highest BCUT2D eigenvalue weighted by atomic mass is 32.2. The number of nitriles is 1. The highest BCUT2D eigenvalue weighted by Gasteiger charge is 2.24. The normalized spacial score (nSPS) is 19.9. The lowest BCUT2D eigenvalue weighted by molar-refractivity contribution is 0.311. The average Bonchev–Trinajstić information content (AvgIpc) is 2.81. The minimum Gasteiger partial charge on any atom is -0.399 e. The van der Waals surface area contributed by atoms with Crippen LogP contribution in [0.2, 0.25) is 0 Å². The number of nitrogen functional groups attached to an aromatic ring is 1. The van der Waals surface area contributed by atoms with E-state index in [9.17, 15) is 8.42 Å². The van der Waals surface area contributed by atoms with E-state index in [4.69, 9.17) is 11.0 Å². The minimum absolute atomic E-state index is 0.0187. The molecule has 1 aromatic carbocycles. The molecule has 6 nitrogen and oxygen atoms in total. The summed E-state index contributed by atoms with van der Waals surface area (Å²) in [5.74, 6) is 0. The highest BCUT2D eigenvalue weighted by molar-refractivity contribution is 7.89. The molecule has 0 bridgehead atoms. The molecule has 20 heavy (non-hydrogen) atoms. The Morgan fingerprint density at radius 2 is 2.30 bits per heavy atom. The fourth-order valence-corrected chi connectivity index (χ4v) is 3.60. The van der Waals surface area contributed by atoms with Crippen LogP contribution in [0.3, 0.4) is 0 Å². The fraction of sp³-hybridized carbons (Fsp3) is 0.462. The summed E-state index contributed by atoms with van der Waals surface area (Å²) < 4.78 is 27.1. The molecule has 1 aromatic rings. The Hall–Kier alpha value is -1.62. The van der Waals surface area contributed by atoms with Gasteiger partial charge in [-0.25, -0.2) is 13.1 Å². The van der Waals surface area contributed by atoms with Crippen LogP contribution in [-0.2, 0) is 10.0 Å². The molecule has 1 aliphatic rings. The number of sulfonamides is 1. The quantitative estimate of drug-likeness (QED) is 0.788. The van der Waals surface area contributed by atoms with E-state index in [-0.39, 0.29) is 16.5 Å². The van der Waals surface area contributed by atoms with Crippen molar-refractivity contribution >= 4 is 15.7 Å². The summed E-state index contributed by atoms with van der Waals surface area (Å²) in [5, 5.41) is 9.02. The molecule has 0 saturated carbocycles. The van der Waals surface area contributed by atoms with Crippen molar-refractivity contribution in [2.75, 3.05) is 25.9 Å². The van der Waals surface area contributed by atoms with Gasteiger partial charge in [0.1, 0.15) is 6.07 Å². The van der Waals surface area contributed by atoms with Crippen molar-refractivity contribution in [3.63, 3.8) is 0 Å². The second-order valence-corrected chi connectivity index (χ2v) is 6.73. The van der Waals surface area contributed by atoms with Gasteiger partial charge in [0.05, 0.1) is 10.5 Å². The Kier molecular flexibility index (Phi) is 4.28. The summed E-state index contributed by atoms with van der Waals surface area (Å²) in [6.07, 6.45) is 2.06. The minimum atomic E-state index is -3.69. The van der Waals surface area contributed by atoms with E-state index in [0.717, 1.165) is 19.4 Å². The molecule has 1 saturated heterocycles. The third kappa shape index (κ3) is 3.10. The van der Waals surface area contributed by atoms with Gasteiger partial charge < -0.3 is 10.6 Å². The number of likely N-dealkylation sites (N-methyl/N-ethyl adjacent to an activating group) is 1. The maximum Gasteiger partial charge on any atom is 0.241 e. The van der Waals surface area contributed by atoms with Gasteiger partial charge in [0.25, 0.3) is 0 Å². The maximum atomic E-state index is 12.3. The van der Waals surface area contributed by atoms with E-state index in [1.165, 1.54) is 18.2 Å². The summed E-state index contributed by atoms with van der Waals surface area (Å²) in [6.45, 7) is 1.34. The number of likely N-dealkylation sites (tertiary alicyclic amines) is 1. The van der Waals surface area contributed by atoms with Crippen molar-refractivity contribution in [1.29, 1.82) is 5.26 Å². The van der Waals surface area contributed by atoms with E-state index < -0.39 is 10.0 Å². The lowest BCUT2D eigenvalue weighted by Gasteiger charge is -2.19. The largest absolute Gasteiger partial charge is 0.399 e. The highest BCUT2D eigenvalue weighted by Crippen LogP contribution is 2.19. The van der Waals surface area contributed by atoms with Crippen LogP contribution < -0.4 is 10.5 Å². The van der Waals surface area contributed by atoms with Gasteiger partial charge in [-0.2, -0.15) is 5.26 Å². The Morgan fingerprint density at radius 3 is 2.90 bits per heavy atom. The van der Waals surface area contributed by atoms with Crippen molar-refractivity contribution in [3.05, 3.63) is 23.8 Å². The molecule has 7 heteroatoms. The van der Waals surface area contributed by atoms with Crippen molar-refractivity contribution in [1.82, 2.24) is 9.62 Å². The molecule has 1 heterocycles. The Bertz CT molecular complexity index is 636. The van der Waals surface area contributed by atoms with Crippen LogP contribution in [-0.4, -0.2) is 39.5 Å². The zero-order valence-corrected chi connectivity index (χ0v) is 12.2. The summed E-state index contributed by atoms with van der Waals surface area (Å²) in [6, 6.07) is 6.31. The lowest BCUT2D eigenvalue weighted by atomic mass is 10.2. The number of hydrogen-bond acceptors (Lipinski definition) is 5. The monoisotopic (exact) mass is 294 g/mol. The molecule has 2 rings (SSSR count). The van der Waals surface area contributed by atoms with Crippen LogP contribution in [0, 0.1) is 11.3 Å². The number of benzene rings is 1. The van der Waals surface area contributed by atoms with Gasteiger partial charge in [-0.1, -0.05) is 0 Å². The average molecular weight is 294 g/mol. The Morgan fingerprint density at radius 1 is 1.55 bits per heavy atom. The molecule has 1 unspecified atom stereocenters. The zero-order chi connectivity index (χ0) is 14.8. The molecule has 0 radical (unpaired) electrons. The van der Waals surface area contributed by atoms with Crippen LogP contribution in [0.1, 0.15) is 18.4 Å². The third-order valence-corrected chi connectivity index (χ3v) is 5.08. The molecule has 0 spiro atoms. The number of anilines is 1. The second-order valence-electron chi connectivity index (χ2n) is 5.00. The van der Waals surface area contributed by atoms with Crippen LogP contribution >= 0.6 is 0 Å². The van der Waals surface area contributed by atoms with E-state index in [2.05, 4.69) is 9.62 Å². The van der Waals surface area contributed by atoms with E-state index in [1.807, 2.05) is 13.1 Å². The predicted molar refractivity (Wildman–Crippen MR) is 76.4 cm³/mol. The van der Waals surface area contributed by atoms with Crippen LogP contribution in [0.25, 0.3) is 0 Å². The molecule has 1 atom stereocenters. The van der Waals surface area contributed by atoms with Gasteiger partial charge in [0, 0.05) is 18.3 Å². The van der Waals surface area contributed by atoms with Crippen LogP contribution in [0.5, 0.6) is 0 Å². The summed E-state index contributed by atoms with van der Waals surface area (Å²) in [5.41, 5.74) is 6.00. The number of nitrogens with one attached hydrogen (secondary N) is 1. The summed E-state index contributed by atoms with van der Waals surface area (Å²) >= 11 is 0. The first-order chi connectivity index (χ1) is 9.44. The van der Waals surface area contributed by atoms with Gasteiger partial charge in [0.2, 0.25) is 10.0 Å². The van der Waals surface area contributed by atoms with Gasteiger partial charge in [-0.05, 0) is 44.6 Å². The number of rotatable bonds is 4. The van der Waals surface area contributed by atoms with Crippen molar-refractivity contribution in [2.24, 2.45) is 0 Å². The molecule has 1 fully saturated rings. The molecule has 108 valence electrons. The zero-order valence-electron chi connectivity index (χ0n) is 11.3. The number of nitrogens with two attached hydrogens (primary N) is 1. The third-order valence-electron chi connectivity index (χ3n) is 3.59. The SMILES string of the molecule is CN1CCCC1CNS(=O)(=O)c1ccc(N)cc1C#N. The summed E-state index contributed by atoms with van der Waals surface area (Å²) in [7, 11) is -1.70. The summed E-state index contributed by atoms with van der Waals surface area (Å²) in [4.78, 5) is 2.12. The molecule has 0 aliphatic carbocycles. The first-order valence-corrected chi connectivity index (χ1v) is 7.92. The predicted octanol–water partition coefficient (Wildman–Crippen LogP) is 0.513. The molecule has 0 aromatic heterocycles. The van der Waals surface area contributed by atoms with Crippen LogP contribution in [0.15, 0.2) is 23.1 Å². The van der Waals surface area contributed by atoms with Gasteiger partial charge in [0.15, 0.2) is 0 Å². The van der Waals surface area contributed by atoms with Crippen molar-refractivity contribution in [2.45, 2.75) is 23.8 Å². The Balaban J connectivity index is 2.16. The number of nitrogens with zero attached hydrogens (tertiary/aromatic N) is 2. The topological polar surface area (TPSA) is 99.2 Å². The second kappa shape index (κ2) is 5.79. The molecule has 0 amide bonds. The lowest BCUT2D eigenvalue weighted by Crippen LogP contribution is -2.38. The van der Waals surface area contributed by atoms with Gasteiger partial charge in [-0.3, -0.25) is 0 Å². The number of hydrogen-bond donors (Lipinski definition) is 2. The van der Waals surface area contributed by atoms with Crippen molar-refractivity contribution in [3.8, 4) is 6.07 Å². The van der Waals surface area contributed by atoms with E-state index >= 15 is 0 Å². The Labute approximate surface area is 119 Å². The van der Waals surface area contributed by atoms with Crippen molar-refractivity contribution < 1.29 is 8.42 Å². The smallest absolute Gasteiger partial charge is 0.241 e. The fourth-order valence-electron chi connectivity index (χ4n) is 2.39. The molecular weight excluding hydrogens is 276 g/mol. The maximum absolute atomic E-state index is 12.3.